The summed E-state index contributed by atoms with van der Waals surface area (Å²) < 4.78 is 6.66. The summed E-state index contributed by atoms with van der Waals surface area (Å²) in [7, 11) is 5.36. The number of carbonyl (C=O) groups excluding carboxylic acids is 1. The molecule has 2 aromatic carbocycles. The number of amides is 1. The summed E-state index contributed by atoms with van der Waals surface area (Å²) in [5, 5.41) is 12.9. The van der Waals surface area contributed by atoms with Crippen LogP contribution >= 0.6 is 0 Å². The van der Waals surface area contributed by atoms with Crippen molar-refractivity contribution in [1.29, 1.82) is 0 Å². The third-order valence-electron chi connectivity index (χ3n) is 6.54. The highest BCUT2D eigenvalue weighted by Crippen LogP contribution is 2.35. The van der Waals surface area contributed by atoms with E-state index in [0.717, 1.165) is 5.56 Å². The fourth-order valence-electron chi connectivity index (χ4n) is 4.60. The molecule has 0 bridgehead atoms. The van der Waals surface area contributed by atoms with Gasteiger partial charge in [0.1, 0.15) is 11.4 Å². The Kier molecular flexibility index (Phi) is 7.25. The molecule has 1 aliphatic heterocycles. The highest BCUT2D eigenvalue weighted by Gasteiger charge is 2.32. The van der Waals surface area contributed by atoms with E-state index in [-0.39, 0.29) is 5.91 Å². The van der Waals surface area contributed by atoms with Crippen LogP contribution in [-0.2, 0) is 6.54 Å². The lowest BCUT2D eigenvalue weighted by Crippen LogP contribution is -2.49. The van der Waals surface area contributed by atoms with Crippen LogP contribution in [0, 0.1) is 17.0 Å². The van der Waals surface area contributed by atoms with E-state index in [1.54, 1.807) is 36.3 Å². The van der Waals surface area contributed by atoms with Gasteiger partial charge in [-0.05, 0) is 57.4 Å². The first kappa shape index (κ1) is 25.2. The Bertz CT molecular complexity index is 1340. The first-order valence-corrected chi connectivity index (χ1v) is 11.9. The molecule has 0 unspecified atom stereocenters. The SMILES string of the molecule is COc1ccc(C(=O)N2CCN(c3c([N+](=O)[O-])c(=O)n(CCN(C)C)c4ccc(C)cc34)CC2)cc1. The van der Waals surface area contributed by atoms with Crippen LogP contribution in [-0.4, -0.2) is 79.1 Å². The molecule has 0 atom stereocenters. The third kappa shape index (κ3) is 4.90. The maximum Gasteiger partial charge on any atom is 0.357 e. The number of piperazine rings is 1. The largest absolute Gasteiger partial charge is 0.497 e. The van der Waals surface area contributed by atoms with Gasteiger partial charge in [-0.3, -0.25) is 19.7 Å². The third-order valence-corrected chi connectivity index (χ3v) is 6.54. The zero-order chi connectivity index (χ0) is 26.0. The molecule has 190 valence electrons. The molecule has 4 rings (SSSR count). The number of likely N-dealkylation sites (N-methyl/N-ethyl adjacent to an activating group) is 1. The summed E-state index contributed by atoms with van der Waals surface area (Å²) in [5.74, 6) is 0.567. The van der Waals surface area contributed by atoms with Crippen molar-refractivity contribution in [1.82, 2.24) is 14.4 Å². The number of rotatable bonds is 7. The minimum atomic E-state index is -0.607. The molecular formula is C26H31N5O5. The molecule has 10 nitrogen and oxygen atoms in total. The molecule has 0 radical (unpaired) electrons. The maximum atomic E-state index is 13.4. The Morgan fingerprint density at radius 1 is 1.08 bits per heavy atom. The van der Waals surface area contributed by atoms with Gasteiger partial charge in [-0.25, -0.2) is 0 Å². The molecule has 2 heterocycles. The monoisotopic (exact) mass is 493 g/mol. The summed E-state index contributed by atoms with van der Waals surface area (Å²) >= 11 is 0. The standard InChI is InChI=1S/C26H31N5O5/c1-18-5-10-22-21(17-18)23(24(31(34)35)26(33)30(22)16-11-27(2)3)28-12-14-29(15-13-28)25(32)19-6-8-20(36-4)9-7-19/h5-10,17H,11-16H2,1-4H3. The Morgan fingerprint density at radius 2 is 1.75 bits per heavy atom. The molecule has 36 heavy (non-hydrogen) atoms. The molecule has 10 heteroatoms. The van der Waals surface area contributed by atoms with Crippen molar-refractivity contribution in [3.8, 4) is 5.75 Å². The maximum absolute atomic E-state index is 13.4. The highest BCUT2D eigenvalue weighted by atomic mass is 16.6. The molecule has 1 saturated heterocycles. The van der Waals surface area contributed by atoms with Crippen LogP contribution in [0.4, 0.5) is 11.4 Å². The number of nitro groups is 1. The van der Waals surface area contributed by atoms with Gasteiger partial charge >= 0.3 is 11.2 Å². The van der Waals surface area contributed by atoms with E-state index in [1.807, 2.05) is 49.0 Å². The lowest BCUT2D eigenvalue weighted by Gasteiger charge is -2.36. The second-order valence-corrected chi connectivity index (χ2v) is 9.24. The van der Waals surface area contributed by atoms with Gasteiger partial charge in [0.15, 0.2) is 0 Å². The van der Waals surface area contributed by atoms with Crippen molar-refractivity contribution >= 4 is 28.2 Å². The van der Waals surface area contributed by atoms with Gasteiger partial charge in [0.25, 0.3) is 5.91 Å². The number of carbonyl (C=O) groups is 1. The average molecular weight is 494 g/mol. The minimum absolute atomic E-state index is 0.105. The molecule has 3 aromatic rings. The van der Waals surface area contributed by atoms with Gasteiger partial charge in [-0.2, -0.15) is 0 Å². The van der Waals surface area contributed by atoms with Crippen LogP contribution in [0.15, 0.2) is 47.3 Å². The zero-order valence-electron chi connectivity index (χ0n) is 21.1. The van der Waals surface area contributed by atoms with Gasteiger partial charge in [0, 0.05) is 50.2 Å². The van der Waals surface area contributed by atoms with E-state index >= 15 is 0 Å². The molecule has 1 aliphatic rings. The van der Waals surface area contributed by atoms with Crippen molar-refractivity contribution in [3.63, 3.8) is 0 Å². The van der Waals surface area contributed by atoms with Crippen LogP contribution in [0.5, 0.6) is 5.75 Å². The molecule has 0 aliphatic carbocycles. The van der Waals surface area contributed by atoms with Crippen molar-refractivity contribution in [2.45, 2.75) is 13.5 Å². The van der Waals surface area contributed by atoms with E-state index < -0.39 is 16.2 Å². The fraction of sp³-hybridized carbons (Fsp3) is 0.385. The summed E-state index contributed by atoms with van der Waals surface area (Å²) in [4.78, 5) is 43.6. The number of pyridine rings is 1. The second-order valence-electron chi connectivity index (χ2n) is 9.24. The Hall–Kier alpha value is -3.92. The first-order valence-electron chi connectivity index (χ1n) is 11.9. The predicted octanol–water partition coefficient (Wildman–Crippen LogP) is 2.75. The molecular weight excluding hydrogens is 462 g/mol. The van der Waals surface area contributed by atoms with E-state index in [2.05, 4.69) is 0 Å². The topological polar surface area (TPSA) is 101 Å². The molecule has 1 aromatic heterocycles. The zero-order valence-corrected chi connectivity index (χ0v) is 21.1. The van der Waals surface area contributed by atoms with Gasteiger partial charge in [0.05, 0.1) is 17.5 Å². The number of aryl methyl sites for hydroxylation is 1. The summed E-state index contributed by atoms with van der Waals surface area (Å²) in [6, 6.07) is 12.6. The molecule has 0 N–H and O–H groups in total. The minimum Gasteiger partial charge on any atom is -0.497 e. The Labute approximate surface area is 209 Å². The van der Waals surface area contributed by atoms with Crippen molar-refractivity contribution < 1.29 is 14.5 Å². The number of benzene rings is 2. The molecule has 1 amide bonds. The normalized spacial score (nSPS) is 13.9. The van der Waals surface area contributed by atoms with Gasteiger partial charge < -0.3 is 24.0 Å². The average Bonchev–Trinajstić information content (AvgIpc) is 2.87. The number of fused-ring (bicyclic) bond motifs is 1. The van der Waals surface area contributed by atoms with Crippen molar-refractivity contribution in [2.75, 3.05) is 58.8 Å². The lowest BCUT2D eigenvalue weighted by molar-refractivity contribution is -0.385. The number of nitrogens with zero attached hydrogens (tertiary/aromatic N) is 5. The van der Waals surface area contributed by atoms with Crippen molar-refractivity contribution in [2.24, 2.45) is 0 Å². The summed E-state index contributed by atoms with van der Waals surface area (Å²) in [6.45, 7) is 4.38. The number of aromatic nitrogens is 1. The van der Waals surface area contributed by atoms with Gasteiger partial charge in [-0.1, -0.05) is 11.6 Å². The fourth-order valence-corrected chi connectivity index (χ4v) is 4.60. The smallest absolute Gasteiger partial charge is 0.357 e. The van der Waals surface area contributed by atoms with Gasteiger partial charge in [-0.15, -0.1) is 0 Å². The van der Waals surface area contributed by atoms with Crippen LogP contribution in [0.1, 0.15) is 15.9 Å². The number of ether oxygens (including phenoxy) is 1. The number of hydrogen-bond acceptors (Lipinski definition) is 7. The van der Waals surface area contributed by atoms with Crippen LogP contribution in [0.2, 0.25) is 0 Å². The van der Waals surface area contributed by atoms with Crippen molar-refractivity contribution in [3.05, 3.63) is 74.1 Å². The van der Waals surface area contributed by atoms with Crippen LogP contribution in [0.3, 0.4) is 0 Å². The highest BCUT2D eigenvalue weighted by molar-refractivity contribution is 5.98. The second kappa shape index (κ2) is 10.4. The summed E-state index contributed by atoms with van der Waals surface area (Å²) in [5.41, 5.74) is 1.49. The quantitative estimate of drug-likeness (QED) is 0.368. The number of anilines is 1. The summed E-state index contributed by atoms with van der Waals surface area (Å²) in [6.07, 6.45) is 0. The van der Waals surface area contributed by atoms with E-state index in [9.17, 15) is 19.7 Å². The number of methoxy groups -OCH3 is 1. The Morgan fingerprint density at radius 3 is 2.33 bits per heavy atom. The molecule has 0 saturated carbocycles. The van der Waals surface area contributed by atoms with E-state index in [4.69, 9.17) is 4.74 Å². The van der Waals surface area contributed by atoms with Crippen LogP contribution < -0.4 is 15.2 Å². The lowest BCUT2D eigenvalue weighted by atomic mass is 10.1. The van der Waals surface area contributed by atoms with E-state index in [1.165, 1.54) is 4.57 Å². The molecule has 1 fully saturated rings. The number of hydrogen-bond donors (Lipinski definition) is 0. The first-order chi connectivity index (χ1) is 17.2. The molecule has 0 spiro atoms. The van der Waals surface area contributed by atoms with Gasteiger partial charge in [0.2, 0.25) is 0 Å². The predicted molar refractivity (Wildman–Crippen MR) is 139 cm³/mol. The Balaban J connectivity index is 1.69. The van der Waals surface area contributed by atoms with Crippen LogP contribution in [0.25, 0.3) is 10.9 Å². The van der Waals surface area contributed by atoms with E-state index in [0.29, 0.717) is 67.2 Å².